The Morgan fingerprint density at radius 1 is 1.17 bits per heavy atom. The highest BCUT2D eigenvalue weighted by Crippen LogP contribution is 2.39. The molecule has 1 aliphatic carbocycles. The number of fused-ring (bicyclic) bond motifs is 1. The van der Waals surface area contributed by atoms with Gasteiger partial charge in [-0.25, -0.2) is 4.98 Å². The molecule has 2 N–H and O–H groups in total. The molecule has 3 aliphatic rings. The van der Waals surface area contributed by atoms with Crippen molar-refractivity contribution in [2.45, 2.75) is 56.2 Å². The predicted octanol–water partition coefficient (Wildman–Crippen LogP) is 4.00. The van der Waals surface area contributed by atoms with Gasteiger partial charge in [0.2, 0.25) is 0 Å². The lowest BCUT2D eigenvalue weighted by Crippen LogP contribution is -2.56. The fourth-order valence-electron chi connectivity index (χ4n) is 5.40. The monoisotopic (exact) mass is 495 g/mol. The number of carbonyl (C=O) groups is 1. The van der Waals surface area contributed by atoms with Crippen molar-refractivity contribution >= 4 is 34.1 Å². The molecule has 184 valence electrons. The van der Waals surface area contributed by atoms with Crippen molar-refractivity contribution in [2.24, 2.45) is 0 Å². The van der Waals surface area contributed by atoms with Gasteiger partial charge < -0.3 is 15.2 Å². The largest absolute Gasteiger partial charge is 0.389 e. The van der Waals surface area contributed by atoms with E-state index in [1.807, 2.05) is 16.8 Å². The van der Waals surface area contributed by atoms with Gasteiger partial charge in [0.05, 0.1) is 42.7 Å². The van der Waals surface area contributed by atoms with Crippen LogP contribution in [0.3, 0.4) is 0 Å². The van der Waals surface area contributed by atoms with E-state index < -0.39 is 6.10 Å². The maximum absolute atomic E-state index is 12.7. The summed E-state index contributed by atoms with van der Waals surface area (Å²) < 4.78 is 7.40. The Balaban J connectivity index is 1.18. The molecule has 4 heterocycles. The van der Waals surface area contributed by atoms with Crippen LogP contribution < -0.4 is 5.32 Å². The number of anilines is 1. The van der Waals surface area contributed by atoms with Crippen LogP contribution in [0.5, 0.6) is 0 Å². The van der Waals surface area contributed by atoms with E-state index in [1.54, 1.807) is 18.6 Å². The van der Waals surface area contributed by atoms with Gasteiger partial charge in [0.25, 0.3) is 5.91 Å². The number of hydrogen-bond donors (Lipinski definition) is 2. The van der Waals surface area contributed by atoms with E-state index in [4.69, 9.17) is 16.3 Å². The average molecular weight is 496 g/mol. The topological polar surface area (TPSA) is 92.5 Å². The maximum Gasteiger partial charge on any atom is 0.260 e. The third-order valence-corrected chi connectivity index (χ3v) is 8.24. The first kappa shape index (κ1) is 22.9. The van der Waals surface area contributed by atoms with Gasteiger partial charge in [0.1, 0.15) is 5.82 Å². The molecule has 2 atom stereocenters. The number of aliphatic hydroxyl groups is 1. The number of amides is 1. The Morgan fingerprint density at radius 2 is 1.97 bits per heavy atom. The minimum absolute atomic E-state index is 0.211. The van der Waals surface area contributed by atoms with E-state index >= 15 is 0 Å². The van der Waals surface area contributed by atoms with E-state index in [9.17, 15) is 9.90 Å². The number of benzene rings is 1. The number of ether oxygens (including phenoxy) is 1. The quantitative estimate of drug-likeness (QED) is 0.555. The number of aliphatic hydroxyl groups excluding tert-OH is 1. The van der Waals surface area contributed by atoms with Crippen molar-refractivity contribution in [3.63, 3.8) is 0 Å². The third kappa shape index (κ3) is 4.33. The highest BCUT2D eigenvalue weighted by molar-refractivity contribution is 6.32. The van der Waals surface area contributed by atoms with Crippen molar-refractivity contribution in [2.75, 3.05) is 31.6 Å². The molecule has 2 saturated heterocycles. The molecule has 0 unspecified atom stereocenters. The molecule has 1 aromatic carbocycles. The fraction of sp³-hybridized carbons (Fsp3) is 0.500. The van der Waals surface area contributed by atoms with Crippen molar-refractivity contribution in [1.82, 2.24) is 19.7 Å². The summed E-state index contributed by atoms with van der Waals surface area (Å²) in [5, 5.41) is 20.3. The van der Waals surface area contributed by atoms with Gasteiger partial charge >= 0.3 is 0 Å². The van der Waals surface area contributed by atoms with Gasteiger partial charge in [-0.05, 0) is 80.8 Å². The molecule has 6 rings (SSSR count). The Kier molecular flexibility index (Phi) is 5.79. The number of piperidine rings is 1. The number of likely N-dealkylation sites (tertiary alicyclic amines) is 1. The Labute approximate surface area is 209 Å². The van der Waals surface area contributed by atoms with Crippen molar-refractivity contribution < 1.29 is 14.6 Å². The number of halogens is 1. The molecule has 1 amide bonds. The summed E-state index contributed by atoms with van der Waals surface area (Å²) in [7, 11) is 0. The normalized spacial score (nSPS) is 25.9. The number of aromatic nitrogens is 3. The van der Waals surface area contributed by atoms with E-state index in [1.165, 1.54) is 0 Å². The average Bonchev–Trinajstić information content (AvgIpc) is 3.48. The van der Waals surface area contributed by atoms with Gasteiger partial charge in [0.15, 0.2) is 0 Å². The standard InChI is InChI=1S/C26H30ClN5O3/c1-26(15-35-14-23(26)33)31-6-4-16(5-7-31)21-8-17-10-24(28-11-18(17)9-22(21)27)30-25(34)19-12-29-32(13-19)20-2-3-20/h8-13,16,20,23,33H,2-7,14-15H2,1H3,(H,28,30,34)/t23-,26+/m1/s1. The second-order valence-electron chi connectivity index (χ2n) is 10.3. The molecule has 35 heavy (non-hydrogen) atoms. The molecule has 2 aliphatic heterocycles. The highest BCUT2D eigenvalue weighted by Gasteiger charge is 2.45. The smallest absolute Gasteiger partial charge is 0.260 e. The van der Waals surface area contributed by atoms with Crippen LogP contribution in [0.4, 0.5) is 5.82 Å². The van der Waals surface area contributed by atoms with Crippen LogP contribution in [0.15, 0.2) is 36.8 Å². The Morgan fingerprint density at radius 3 is 2.69 bits per heavy atom. The van der Waals surface area contributed by atoms with Crippen molar-refractivity contribution in [3.8, 4) is 0 Å². The minimum Gasteiger partial charge on any atom is -0.389 e. The third-order valence-electron chi connectivity index (χ3n) is 7.91. The summed E-state index contributed by atoms with van der Waals surface area (Å²) in [4.78, 5) is 19.5. The second-order valence-corrected chi connectivity index (χ2v) is 10.7. The van der Waals surface area contributed by atoms with Crippen LogP contribution in [0.25, 0.3) is 10.8 Å². The first-order valence-electron chi connectivity index (χ1n) is 12.4. The SMILES string of the molecule is C[C@]1(N2CCC(c3cc4cc(NC(=O)c5cnn(C6CC6)c5)ncc4cc3Cl)CC2)COC[C@H]1O. The molecule has 0 spiro atoms. The molecule has 3 aromatic rings. The van der Waals surface area contributed by atoms with Crippen LogP contribution in [-0.4, -0.2) is 68.6 Å². The van der Waals surface area contributed by atoms with Crippen LogP contribution in [0.1, 0.15) is 60.5 Å². The number of hydrogen-bond acceptors (Lipinski definition) is 6. The lowest BCUT2D eigenvalue weighted by molar-refractivity contribution is -0.00211. The van der Waals surface area contributed by atoms with Crippen LogP contribution in [0, 0.1) is 0 Å². The van der Waals surface area contributed by atoms with Gasteiger partial charge in [-0.3, -0.25) is 14.4 Å². The number of nitrogens with one attached hydrogen (secondary N) is 1. The zero-order valence-corrected chi connectivity index (χ0v) is 20.5. The molecule has 8 nitrogen and oxygen atoms in total. The number of pyridine rings is 1. The van der Waals surface area contributed by atoms with Gasteiger partial charge in [-0.2, -0.15) is 5.10 Å². The zero-order valence-electron chi connectivity index (χ0n) is 19.8. The van der Waals surface area contributed by atoms with Gasteiger partial charge in [-0.1, -0.05) is 11.6 Å². The summed E-state index contributed by atoms with van der Waals surface area (Å²) in [6.07, 6.45) is 8.88. The van der Waals surface area contributed by atoms with E-state index in [2.05, 4.69) is 33.3 Å². The highest BCUT2D eigenvalue weighted by atomic mass is 35.5. The predicted molar refractivity (Wildman–Crippen MR) is 134 cm³/mol. The van der Waals surface area contributed by atoms with Gasteiger partial charge in [-0.15, -0.1) is 0 Å². The van der Waals surface area contributed by atoms with E-state index in [0.717, 1.165) is 60.1 Å². The molecule has 1 saturated carbocycles. The van der Waals surface area contributed by atoms with Crippen molar-refractivity contribution in [3.05, 3.63) is 52.9 Å². The first-order valence-corrected chi connectivity index (χ1v) is 12.7. The Hall–Kier alpha value is -2.52. The number of carbonyl (C=O) groups excluding carboxylic acids is 1. The molecule has 3 fully saturated rings. The first-order chi connectivity index (χ1) is 16.9. The van der Waals surface area contributed by atoms with E-state index in [0.29, 0.717) is 36.6 Å². The lowest BCUT2D eigenvalue weighted by Gasteiger charge is -2.43. The summed E-state index contributed by atoms with van der Waals surface area (Å²) in [6, 6.07) is 6.44. The van der Waals surface area contributed by atoms with E-state index in [-0.39, 0.29) is 11.4 Å². The summed E-state index contributed by atoms with van der Waals surface area (Å²) in [5.74, 6) is 0.635. The summed E-state index contributed by atoms with van der Waals surface area (Å²) >= 11 is 6.71. The minimum atomic E-state index is -0.451. The summed E-state index contributed by atoms with van der Waals surface area (Å²) in [6.45, 7) is 4.85. The second kappa shape index (κ2) is 8.85. The van der Waals surface area contributed by atoms with Crippen LogP contribution >= 0.6 is 11.6 Å². The maximum atomic E-state index is 12.7. The Bertz CT molecular complexity index is 1270. The summed E-state index contributed by atoms with van der Waals surface area (Å²) in [5.41, 5.74) is 1.35. The van der Waals surface area contributed by atoms with Crippen LogP contribution in [0.2, 0.25) is 5.02 Å². The fourth-order valence-corrected chi connectivity index (χ4v) is 5.73. The van der Waals surface area contributed by atoms with Crippen LogP contribution in [-0.2, 0) is 4.74 Å². The molecule has 0 bridgehead atoms. The lowest BCUT2D eigenvalue weighted by atomic mass is 9.85. The van der Waals surface area contributed by atoms with Crippen molar-refractivity contribution in [1.29, 1.82) is 0 Å². The molecule has 9 heteroatoms. The van der Waals surface area contributed by atoms with Gasteiger partial charge in [0, 0.05) is 22.8 Å². The zero-order chi connectivity index (χ0) is 24.2. The number of nitrogens with zero attached hydrogens (tertiary/aromatic N) is 4. The molecule has 2 aromatic heterocycles. The molecular formula is C26H30ClN5O3. The molecule has 0 radical (unpaired) electrons. The molecular weight excluding hydrogens is 466 g/mol. The number of rotatable bonds is 5.